The molecular weight excluding hydrogens is 348 g/mol. The lowest BCUT2D eigenvalue weighted by Crippen LogP contribution is -1.98. The fourth-order valence-electron chi connectivity index (χ4n) is 2.84. The predicted molar refractivity (Wildman–Crippen MR) is 113 cm³/mol. The first-order valence-corrected chi connectivity index (χ1v) is 9.13. The zero-order valence-electron chi connectivity index (χ0n) is 15.5. The molecular formula is C25H22O3. The maximum absolute atomic E-state index is 10.8. The van der Waals surface area contributed by atoms with E-state index >= 15 is 0 Å². The summed E-state index contributed by atoms with van der Waals surface area (Å²) in [6.07, 6.45) is 7.56. The Labute approximate surface area is 165 Å². The number of carbonyl (C=O) groups is 1. The number of rotatable bonds is 8. The zero-order valence-corrected chi connectivity index (χ0v) is 15.5. The quantitative estimate of drug-likeness (QED) is 0.524. The standard InChI is InChI=1S/C25H22O3/c26-25(27)18-17-22-12-5-4-11-21(22)14-8-15-23-13-6-7-16-24(23)28-19-20-9-2-1-3-10-20/h1-14,16-18H,15,19H2,(H,26,27). The second-order valence-corrected chi connectivity index (χ2v) is 6.29. The van der Waals surface area contributed by atoms with Crippen LogP contribution in [-0.2, 0) is 17.8 Å². The topological polar surface area (TPSA) is 46.5 Å². The van der Waals surface area contributed by atoms with Gasteiger partial charge in [0.2, 0.25) is 0 Å². The van der Waals surface area contributed by atoms with E-state index in [-0.39, 0.29) is 0 Å². The van der Waals surface area contributed by atoms with Gasteiger partial charge in [0.05, 0.1) is 0 Å². The molecule has 0 heterocycles. The van der Waals surface area contributed by atoms with Crippen LogP contribution in [0.1, 0.15) is 22.3 Å². The van der Waals surface area contributed by atoms with Gasteiger partial charge in [0.15, 0.2) is 0 Å². The van der Waals surface area contributed by atoms with Gasteiger partial charge < -0.3 is 9.84 Å². The fourth-order valence-corrected chi connectivity index (χ4v) is 2.84. The molecule has 0 aliphatic heterocycles. The first-order valence-electron chi connectivity index (χ1n) is 9.13. The molecule has 140 valence electrons. The maximum Gasteiger partial charge on any atom is 0.328 e. The lowest BCUT2D eigenvalue weighted by molar-refractivity contribution is -0.131. The molecule has 0 fully saturated rings. The predicted octanol–water partition coefficient (Wildman–Crippen LogP) is 5.62. The van der Waals surface area contributed by atoms with Crippen LogP contribution in [-0.4, -0.2) is 11.1 Å². The van der Waals surface area contributed by atoms with E-state index in [0.717, 1.165) is 40.5 Å². The Balaban J connectivity index is 1.69. The van der Waals surface area contributed by atoms with Crippen LogP contribution < -0.4 is 4.74 Å². The highest BCUT2D eigenvalue weighted by atomic mass is 16.5. The summed E-state index contributed by atoms with van der Waals surface area (Å²) in [4.78, 5) is 10.8. The van der Waals surface area contributed by atoms with Crippen molar-refractivity contribution in [2.24, 2.45) is 0 Å². The fraction of sp³-hybridized carbons (Fsp3) is 0.0800. The molecule has 3 aromatic rings. The first kappa shape index (κ1) is 19.2. The van der Waals surface area contributed by atoms with Crippen LogP contribution in [0.4, 0.5) is 0 Å². The number of ether oxygens (including phenoxy) is 1. The van der Waals surface area contributed by atoms with E-state index in [9.17, 15) is 4.79 Å². The number of hydrogen-bond donors (Lipinski definition) is 1. The molecule has 0 spiro atoms. The molecule has 0 bridgehead atoms. The van der Waals surface area contributed by atoms with E-state index in [1.54, 1.807) is 6.08 Å². The largest absolute Gasteiger partial charge is 0.489 e. The van der Waals surface area contributed by atoms with Gasteiger partial charge in [-0.25, -0.2) is 4.79 Å². The lowest BCUT2D eigenvalue weighted by atomic mass is 10.0. The minimum Gasteiger partial charge on any atom is -0.489 e. The van der Waals surface area contributed by atoms with Crippen LogP contribution >= 0.6 is 0 Å². The van der Waals surface area contributed by atoms with Crippen molar-refractivity contribution in [1.29, 1.82) is 0 Å². The van der Waals surface area contributed by atoms with Crippen molar-refractivity contribution in [3.05, 3.63) is 113 Å². The summed E-state index contributed by atoms with van der Waals surface area (Å²) in [5, 5.41) is 8.84. The van der Waals surface area contributed by atoms with Crippen LogP contribution in [0, 0.1) is 0 Å². The average Bonchev–Trinajstić information content (AvgIpc) is 2.73. The molecule has 1 N–H and O–H groups in total. The zero-order chi connectivity index (χ0) is 19.6. The number of allylic oxidation sites excluding steroid dienone is 1. The summed E-state index contributed by atoms with van der Waals surface area (Å²) in [6.45, 7) is 0.532. The van der Waals surface area contributed by atoms with Crippen molar-refractivity contribution in [2.75, 3.05) is 0 Å². The second kappa shape index (κ2) is 9.93. The third-order valence-electron chi connectivity index (χ3n) is 4.25. The maximum atomic E-state index is 10.8. The number of benzene rings is 3. The minimum absolute atomic E-state index is 0.532. The van der Waals surface area contributed by atoms with Gasteiger partial charge in [-0.15, -0.1) is 0 Å². The summed E-state index contributed by atoms with van der Waals surface area (Å²) < 4.78 is 6.00. The van der Waals surface area contributed by atoms with E-state index in [4.69, 9.17) is 9.84 Å². The first-order chi connectivity index (χ1) is 13.7. The van der Waals surface area contributed by atoms with Gasteiger partial charge in [-0.1, -0.05) is 84.9 Å². The molecule has 3 heteroatoms. The van der Waals surface area contributed by atoms with Gasteiger partial charge in [0.1, 0.15) is 12.4 Å². The van der Waals surface area contributed by atoms with Crippen molar-refractivity contribution in [3.8, 4) is 5.75 Å². The minimum atomic E-state index is -0.955. The van der Waals surface area contributed by atoms with Crippen LogP contribution in [0.25, 0.3) is 12.2 Å². The van der Waals surface area contributed by atoms with Gasteiger partial charge >= 0.3 is 5.97 Å². The van der Waals surface area contributed by atoms with Crippen molar-refractivity contribution >= 4 is 18.1 Å². The monoisotopic (exact) mass is 370 g/mol. The number of aliphatic carboxylic acids is 1. The summed E-state index contributed by atoms with van der Waals surface area (Å²) in [7, 11) is 0. The average molecular weight is 370 g/mol. The summed E-state index contributed by atoms with van der Waals surface area (Å²) in [6, 6.07) is 25.8. The number of carboxylic acids is 1. The van der Waals surface area contributed by atoms with Gasteiger partial charge in [0, 0.05) is 6.08 Å². The van der Waals surface area contributed by atoms with E-state index < -0.39 is 5.97 Å². The molecule has 0 saturated carbocycles. The second-order valence-electron chi connectivity index (χ2n) is 6.29. The Morgan fingerprint density at radius 2 is 1.46 bits per heavy atom. The number of hydrogen-bond acceptors (Lipinski definition) is 2. The summed E-state index contributed by atoms with van der Waals surface area (Å²) in [5.74, 6) is -0.0849. The van der Waals surface area contributed by atoms with Gasteiger partial charge in [-0.2, -0.15) is 0 Å². The molecule has 0 saturated heterocycles. The van der Waals surface area contributed by atoms with Gasteiger partial charge in [-0.3, -0.25) is 0 Å². The number of para-hydroxylation sites is 1. The van der Waals surface area contributed by atoms with Crippen molar-refractivity contribution < 1.29 is 14.6 Å². The Morgan fingerprint density at radius 1 is 0.821 bits per heavy atom. The third kappa shape index (κ3) is 5.71. The van der Waals surface area contributed by atoms with Crippen molar-refractivity contribution in [3.63, 3.8) is 0 Å². The molecule has 0 aliphatic carbocycles. The highest BCUT2D eigenvalue weighted by Gasteiger charge is 2.02. The Hall–Kier alpha value is -3.59. The summed E-state index contributed by atoms with van der Waals surface area (Å²) >= 11 is 0. The Morgan fingerprint density at radius 3 is 2.21 bits per heavy atom. The van der Waals surface area contributed by atoms with Crippen LogP contribution in [0.2, 0.25) is 0 Å². The molecule has 0 atom stereocenters. The SMILES string of the molecule is O=C(O)C=Cc1ccccc1C=CCc1ccccc1OCc1ccccc1. The smallest absolute Gasteiger partial charge is 0.328 e. The highest BCUT2D eigenvalue weighted by molar-refractivity contribution is 5.86. The van der Waals surface area contributed by atoms with E-state index in [2.05, 4.69) is 12.1 Å². The molecule has 3 aromatic carbocycles. The van der Waals surface area contributed by atoms with Crippen LogP contribution in [0.5, 0.6) is 5.75 Å². The molecule has 0 aliphatic rings. The summed E-state index contributed by atoms with van der Waals surface area (Å²) in [5.41, 5.74) is 4.08. The van der Waals surface area contributed by atoms with Gasteiger partial charge in [-0.05, 0) is 40.8 Å². The Bertz CT molecular complexity index is 972. The van der Waals surface area contributed by atoms with Gasteiger partial charge in [0.25, 0.3) is 0 Å². The van der Waals surface area contributed by atoms with Crippen LogP contribution in [0.15, 0.2) is 91.0 Å². The molecule has 28 heavy (non-hydrogen) atoms. The van der Waals surface area contributed by atoms with Crippen molar-refractivity contribution in [1.82, 2.24) is 0 Å². The van der Waals surface area contributed by atoms with E-state index in [0.29, 0.717) is 6.61 Å². The Kier molecular flexibility index (Phi) is 6.80. The highest BCUT2D eigenvalue weighted by Crippen LogP contribution is 2.21. The van der Waals surface area contributed by atoms with E-state index in [1.807, 2.05) is 78.9 Å². The van der Waals surface area contributed by atoms with Crippen molar-refractivity contribution in [2.45, 2.75) is 13.0 Å². The molecule has 0 radical (unpaired) electrons. The number of carboxylic acid groups (broad SMARTS) is 1. The normalized spacial score (nSPS) is 11.1. The molecule has 0 amide bonds. The van der Waals surface area contributed by atoms with Crippen LogP contribution in [0.3, 0.4) is 0 Å². The third-order valence-corrected chi connectivity index (χ3v) is 4.25. The lowest BCUT2D eigenvalue weighted by Gasteiger charge is -2.10. The molecule has 0 unspecified atom stereocenters. The van der Waals surface area contributed by atoms with E-state index in [1.165, 1.54) is 0 Å². The molecule has 3 nitrogen and oxygen atoms in total. The molecule has 0 aromatic heterocycles. The molecule has 3 rings (SSSR count).